The third kappa shape index (κ3) is 4.45. The fraction of sp³-hybridized carbons (Fsp3) is 0.0588. The van der Waals surface area contributed by atoms with Crippen molar-refractivity contribution in [3.05, 3.63) is 75.3 Å². The molecule has 6 nitrogen and oxygen atoms in total. The summed E-state index contributed by atoms with van der Waals surface area (Å²) in [6.07, 6.45) is -3.59. The zero-order chi connectivity index (χ0) is 19.3. The van der Waals surface area contributed by atoms with E-state index in [-0.39, 0.29) is 16.9 Å². The molecule has 0 bridgehead atoms. The second kappa shape index (κ2) is 7.48. The summed E-state index contributed by atoms with van der Waals surface area (Å²) < 4.78 is 38.2. The second-order valence-electron chi connectivity index (χ2n) is 5.02. The van der Waals surface area contributed by atoms with E-state index < -0.39 is 28.1 Å². The van der Waals surface area contributed by atoms with Crippen molar-refractivity contribution < 1.29 is 22.9 Å². The molecule has 0 atom stereocenters. The minimum absolute atomic E-state index is 0.00548. The number of hydrogen-bond acceptors (Lipinski definition) is 4. The first-order chi connectivity index (χ1) is 12.2. The first-order valence-corrected chi connectivity index (χ1v) is 7.06. The molecule has 0 unspecified atom stereocenters. The van der Waals surface area contributed by atoms with Gasteiger partial charge in [0.15, 0.2) is 0 Å². The molecule has 0 spiro atoms. The molecule has 0 heterocycles. The quantitative estimate of drug-likeness (QED) is 0.383. The largest absolute Gasteiger partial charge is 0.416 e. The number of carbonyl (C=O) groups excluding carboxylic acids is 1. The molecule has 0 radical (unpaired) electrons. The molecular weight excluding hydrogens is 351 g/mol. The molecule has 0 saturated carbocycles. The first kappa shape index (κ1) is 18.7. The predicted octanol–water partition coefficient (Wildman–Crippen LogP) is 4.16. The molecule has 1 amide bonds. The predicted molar refractivity (Wildman–Crippen MR) is 86.8 cm³/mol. The molecule has 2 aromatic carbocycles. The number of nitro groups is 1. The lowest BCUT2D eigenvalue weighted by Gasteiger charge is -2.07. The highest BCUT2D eigenvalue weighted by molar-refractivity contribution is 6.10. The van der Waals surface area contributed by atoms with Crippen LogP contribution in [0.5, 0.6) is 0 Å². The van der Waals surface area contributed by atoms with Crippen molar-refractivity contribution in [2.45, 2.75) is 6.18 Å². The Morgan fingerprint density at radius 1 is 1.19 bits per heavy atom. The van der Waals surface area contributed by atoms with Gasteiger partial charge in [-0.3, -0.25) is 14.9 Å². The molecule has 0 fully saturated rings. The van der Waals surface area contributed by atoms with Crippen LogP contribution in [0.25, 0.3) is 6.08 Å². The number of carbonyl (C=O) groups is 1. The molecule has 0 aromatic heterocycles. The fourth-order valence-electron chi connectivity index (χ4n) is 2.05. The number of anilines is 1. The molecule has 9 heteroatoms. The molecule has 0 saturated heterocycles. The molecule has 0 aliphatic carbocycles. The van der Waals surface area contributed by atoms with Crippen molar-refractivity contribution in [1.29, 1.82) is 5.26 Å². The third-order valence-corrected chi connectivity index (χ3v) is 3.24. The van der Waals surface area contributed by atoms with Crippen molar-refractivity contribution in [1.82, 2.24) is 0 Å². The van der Waals surface area contributed by atoms with Crippen LogP contribution in [0.15, 0.2) is 54.1 Å². The zero-order valence-electron chi connectivity index (χ0n) is 12.9. The number of para-hydroxylation sites is 2. The smallest absolute Gasteiger partial charge is 0.316 e. The van der Waals surface area contributed by atoms with E-state index in [1.807, 2.05) is 0 Å². The van der Waals surface area contributed by atoms with Crippen LogP contribution < -0.4 is 5.32 Å². The Hall–Kier alpha value is -3.67. The zero-order valence-corrected chi connectivity index (χ0v) is 12.9. The fourth-order valence-corrected chi connectivity index (χ4v) is 2.05. The number of benzene rings is 2. The van der Waals surface area contributed by atoms with Gasteiger partial charge in [-0.25, -0.2) is 0 Å². The number of rotatable bonds is 4. The maximum Gasteiger partial charge on any atom is 0.416 e. The van der Waals surface area contributed by atoms with Gasteiger partial charge >= 0.3 is 6.18 Å². The molecule has 2 rings (SSSR count). The monoisotopic (exact) mass is 361 g/mol. The summed E-state index contributed by atoms with van der Waals surface area (Å²) in [5.41, 5.74) is -1.94. The average Bonchev–Trinajstić information content (AvgIpc) is 2.59. The number of nitrogens with zero attached hydrogens (tertiary/aromatic N) is 2. The van der Waals surface area contributed by atoms with Crippen LogP contribution in [0.4, 0.5) is 24.5 Å². The Kier molecular flexibility index (Phi) is 5.37. The third-order valence-electron chi connectivity index (χ3n) is 3.24. The van der Waals surface area contributed by atoms with Crippen LogP contribution in [-0.4, -0.2) is 10.8 Å². The van der Waals surface area contributed by atoms with Gasteiger partial charge in [-0.15, -0.1) is 0 Å². The van der Waals surface area contributed by atoms with Crippen LogP contribution in [0.3, 0.4) is 0 Å². The molecule has 132 valence electrons. The maximum atomic E-state index is 12.7. The minimum Gasteiger partial charge on any atom is -0.316 e. The molecule has 2 aromatic rings. The number of halogens is 3. The van der Waals surface area contributed by atoms with Gasteiger partial charge in [0.2, 0.25) is 0 Å². The summed E-state index contributed by atoms with van der Waals surface area (Å²) in [5, 5.41) is 22.3. The molecule has 1 N–H and O–H groups in total. The Labute approximate surface area is 145 Å². The van der Waals surface area contributed by atoms with Crippen LogP contribution in [-0.2, 0) is 11.0 Å². The van der Waals surface area contributed by atoms with E-state index >= 15 is 0 Å². The summed E-state index contributed by atoms with van der Waals surface area (Å²) in [6.45, 7) is 0. The van der Waals surface area contributed by atoms with Gasteiger partial charge in [0.05, 0.1) is 10.5 Å². The van der Waals surface area contributed by atoms with Gasteiger partial charge in [0.1, 0.15) is 17.3 Å². The van der Waals surface area contributed by atoms with E-state index in [1.54, 1.807) is 6.07 Å². The van der Waals surface area contributed by atoms with Crippen molar-refractivity contribution in [2.24, 2.45) is 0 Å². The van der Waals surface area contributed by atoms with Crippen molar-refractivity contribution in [3.8, 4) is 6.07 Å². The van der Waals surface area contributed by atoms with Crippen LogP contribution in [0.1, 0.15) is 11.1 Å². The Bertz CT molecular complexity index is 931. The number of nitrogens with one attached hydrogen (secondary N) is 1. The highest BCUT2D eigenvalue weighted by atomic mass is 19.4. The maximum absolute atomic E-state index is 12.7. The Morgan fingerprint density at radius 3 is 2.50 bits per heavy atom. The number of alkyl halides is 3. The summed E-state index contributed by atoms with van der Waals surface area (Å²) in [7, 11) is 0. The number of amides is 1. The molecule has 0 aliphatic rings. The Balaban J connectivity index is 2.32. The first-order valence-electron chi connectivity index (χ1n) is 7.06. The van der Waals surface area contributed by atoms with Crippen LogP contribution in [0, 0.1) is 21.4 Å². The van der Waals surface area contributed by atoms with Crippen molar-refractivity contribution in [2.75, 3.05) is 5.32 Å². The summed E-state index contributed by atoms with van der Waals surface area (Å²) in [4.78, 5) is 22.4. The van der Waals surface area contributed by atoms with Gasteiger partial charge < -0.3 is 5.32 Å². The number of nitriles is 1. The van der Waals surface area contributed by atoms with Gasteiger partial charge in [0, 0.05) is 6.07 Å². The van der Waals surface area contributed by atoms with Crippen LogP contribution in [0.2, 0.25) is 0 Å². The highest BCUT2D eigenvalue weighted by Crippen LogP contribution is 2.30. The summed E-state index contributed by atoms with van der Waals surface area (Å²) >= 11 is 0. The average molecular weight is 361 g/mol. The number of nitro benzene ring substituents is 1. The van der Waals surface area contributed by atoms with Gasteiger partial charge in [-0.2, -0.15) is 18.4 Å². The van der Waals surface area contributed by atoms with E-state index in [2.05, 4.69) is 5.32 Å². The Morgan fingerprint density at radius 2 is 1.88 bits per heavy atom. The lowest BCUT2D eigenvalue weighted by atomic mass is 10.1. The van der Waals surface area contributed by atoms with E-state index in [4.69, 9.17) is 5.26 Å². The van der Waals surface area contributed by atoms with Crippen molar-refractivity contribution >= 4 is 23.4 Å². The van der Waals surface area contributed by atoms with Crippen molar-refractivity contribution in [3.63, 3.8) is 0 Å². The van der Waals surface area contributed by atoms with E-state index in [1.165, 1.54) is 24.3 Å². The lowest BCUT2D eigenvalue weighted by Crippen LogP contribution is -2.14. The summed E-state index contributed by atoms with van der Waals surface area (Å²) in [6, 6.07) is 10.9. The van der Waals surface area contributed by atoms with E-state index in [0.29, 0.717) is 0 Å². The van der Waals surface area contributed by atoms with Crippen LogP contribution >= 0.6 is 0 Å². The molecule has 26 heavy (non-hydrogen) atoms. The highest BCUT2D eigenvalue weighted by Gasteiger charge is 2.30. The SMILES string of the molecule is N#CC(=Cc1cccc(C(F)(F)F)c1)C(=O)Nc1ccccc1[N+](=O)[O-]. The summed E-state index contributed by atoms with van der Waals surface area (Å²) in [5.74, 6) is -0.973. The minimum atomic E-state index is -4.57. The normalized spacial score (nSPS) is 11.5. The van der Waals surface area contributed by atoms with Gasteiger partial charge in [0.25, 0.3) is 11.6 Å². The van der Waals surface area contributed by atoms with E-state index in [0.717, 1.165) is 30.3 Å². The lowest BCUT2D eigenvalue weighted by molar-refractivity contribution is -0.383. The second-order valence-corrected chi connectivity index (χ2v) is 5.02. The number of hydrogen-bond donors (Lipinski definition) is 1. The van der Waals surface area contributed by atoms with Gasteiger partial charge in [-0.05, 0) is 29.8 Å². The molecular formula is C17H10F3N3O3. The topological polar surface area (TPSA) is 96.0 Å². The molecule has 0 aliphatic heterocycles. The van der Waals surface area contributed by atoms with E-state index in [9.17, 15) is 28.1 Å². The van der Waals surface area contributed by atoms with Gasteiger partial charge in [-0.1, -0.05) is 24.3 Å². The standard InChI is InChI=1S/C17H10F3N3O3/c18-17(19,20)13-5-3-4-11(9-13)8-12(10-21)16(24)22-14-6-1-2-7-15(14)23(25)26/h1-9H,(H,22,24).